The first-order chi connectivity index (χ1) is 11.7. The van der Waals surface area contributed by atoms with E-state index in [1.165, 1.54) is 0 Å². The fraction of sp³-hybridized carbons (Fsp3) is 0.500. The van der Waals surface area contributed by atoms with Crippen molar-refractivity contribution in [1.29, 1.82) is 0 Å². The van der Waals surface area contributed by atoms with Gasteiger partial charge in [0.05, 0.1) is 6.54 Å². The maximum Gasteiger partial charge on any atom is 0.251 e. The highest BCUT2D eigenvalue weighted by Crippen LogP contribution is 2.04. The molecular weight excluding hydrogens is 318 g/mol. The van der Waals surface area contributed by atoms with Crippen LogP contribution in [0.4, 0.5) is 0 Å². The predicted octanol–water partition coefficient (Wildman–Crippen LogP) is 1.02. The van der Waals surface area contributed by atoms with Crippen molar-refractivity contribution in [2.24, 2.45) is 4.99 Å². The number of amides is 2. The van der Waals surface area contributed by atoms with E-state index >= 15 is 0 Å². The average Bonchev–Trinajstić information content (AvgIpc) is 2.54. The third kappa shape index (κ3) is 8.19. The molecule has 2 amide bonds. The van der Waals surface area contributed by atoms with Crippen LogP contribution in [0.2, 0.25) is 0 Å². The molecule has 25 heavy (non-hydrogen) atoms. The molecule has 0 aliphatic heterocycles. The van der Waals surface area contributed by atoms with Crippen molar-refractivity contribution in [3.63, 3.8) is 0 Å². The molecule has 0 aromatic heterocycles. The second kappa shape index (κ2) is 9.66. The van der Waals surface area contributed by atoms with Crippen molar-refractivity contribution in [2.45, 2.75) is 39.8 Å². The summed E-state index contributed by atoms with van der Waals surface area (Å²) < 4.78 is 0. The molecule has 0 radical (unpaired) electrons. The van der Waals surface area contributed by atoms with Gasteiger partial charge in [-0.3, -0.25) is 14.6 Å². The van der Waals surface area contributed by atoms with E-state index in [9.17, 15) is 9.59 Å². The van der Waals surface area contributed by atoms with Crippen LogP contribution in [-0.4, -0.2) is 43.5 Å². The highest BCUT2D eigenvalue weighted by Gasteiger charge is 2.13. The standard InChI is InChI=1S/C18H29N5O2/c1-6-20-16(25)14-9-7-13(8-10-14)11-21-17(19-5)22-12-15(24)23-18(2,3)4/h7-10H,6,11-12H2,1-5H3,(H,20,25)(H,23,24)(H2,19,21,22). The summed E-state index contributed by atoms with van der Waals surface area (Å²) in [7, 11) is 1.65. The zero-order valence-electron chi connectivity index (χ0n) is 15.7. The van der Waals surface area contributed by atoms with Crippen LogP contribution in [0.15, 0.2) is 29.3 Å². The first-order valence-electron chi connectivity index (χ1n) is 8.38. The fourth-order valence-electron chi connectivity index (χ4n) is 2.07. The van der Waals surface area contributed by atoms with E-state index in [0.29, 0.717) is 24.6 Å². The molecule has 138 valence electrons. The van der Waals surface area contributed by atoms with Gasteiger partial charge in [-0.2, -0.15) is 0 Å². The molecule has 7 nitrogen and oxygen atoms in total. The summed E-state index contributed by atoms with van der Waals surface area (Å²) in [5.74, 6) is 0.364. The topological polar surface area (TPSA) is 94.6 Å². The zero-order chi connectivity index (χ0) is 18.9. The average molecular weight is 347 g/mol. The molecule has 0 saturated heterocycles. The SMILES string of the molecule is CCNC(=O)c1ccc(CNC(=NC)NCC(=O)NC(C)(C)C)cc1. The number of hydrogen-bond donors (Lipinski definition) is 4. The third-order valence-electron chi connectivity index (χ3n) is 3.17. The molecular formula is C18H29N5O2. The summed E-state index contributed by atoms with van der Waals surface area (Å²) in [6.45, 7) is 8.97. The zero-order valence-corrected chi connectivity index (χ0v) is 15.7. The minimum absolute atomic E-state index is 0.0793. The van der Waals surface area contributed by atoms with Gasteiger partial charge in [0.2, 0.25) is 5.91 Å². The van der Waals surface area contributed by atoms with Gasteiger partial charge in [-0.05, 0) is 45.4 Å². The first kappa shape index (κ1) is 20.5. The number of nitrogens with one attached hydrogen (secondary N) is 4. The Morgan fingerprint density at radius 1 is 1.04 bits per heavy atom. The van der Waals surface area contributed by atoms with Crippen LogP contribution in [0.25, 0.3) is 0 Å². The Labute approximate surface area is 149 Å². The van der Waals surface area contributed by atoms with Crippen LogP contribution in [0.1, 0.15) is 43.6 Å². The molecule has 0 unspecified atom stereocenters. The Morgan fingerprint density at radius 2 is 1.68 bits per heavy atom. The van der Waals surface area contributed by atoms with Gasteiger partial charge >= 0.3 is 0 Å². The maximum absolute atomic E-state index is 11.8. The van der Waals surface area contributed by atoms with Gasteiger partial charge in [0.1, 0.15) is 0 Å². The van der Waals surface area contributed by atoms with Crippen molar-refractivity contribution < 1.29 is 9.59 Å². The quantitative estimate of drug-likeness (QED) is 0.456. The van der Waals surface area contributed by atoms with E-state index in [4.69, 9.17) is 0 Å². The molecule has 0 bridgehead atoms. The van der Waals surface area contributed by atoms with E-state index in [2.05, 4.69) is 26.3 Å². The number of carbonyl (C=O) groups excluding carboxylic acids is 2. The van der Waals surface area contributed by atoms with E-state index in [1.54, 1.807) is 19.2 Å². The van der Waals surface area contributed by atoms with Gasteiger partial charge in [-0.25, -0.2) is 0 Å². The summed E-state index contributed by atoms with van der Waals surface area (Å²) >= 11 is 0. The van der Waals surface area contributed by atoms with Gasteiger partial charge in [0.25, 0.3) is 5.91 Å². The van der Waals surface area contributed by atoms with Crippen LogP contribution in [0, 0.1) is 0 Å². The second-order valence-electron chi connectivity index (χ2n) is 6.63. The maximum atomic E-state index is 11.8. The molecule has 0 atom stereocenters. The van der Waals surface area contributed by atoms with Gasteiger partial charge in [0, 0.05) is 31.2 Å². The number of rotatable bonds is 6. The highest BCUT2D eigenvalue weighted by molar-refractivity contribution is 5.94. The normalized spacial score (nSPS) is 11.6. The van der Waals surface area contributed by atoms with Gasteiger partial charge in [0.15, 0.2) is 5.96 Å². The Morgan fingerprint density at radius 3 is 2.20 bits per heavy atom. The van der Waals surface area contributed by atoms with Crippen molar-refractivity contribution in [1.82, 2.24) is 21.3 Å². The van der Waals surface area contributed by atoms with Crippen molar-refractivity contribution in [3.05, 3.63) is 35.4 Å². The minimum Gasteiger partial charge on any atom is -0.352 e. The minimum atomic E-state index is -0.262. The Balaban J connectivity index is 2.47. The Hall–Kier alpha value is -2.57. The lowest BCUT2D eigenvalue weighted by Gasteiger charge is -2.21. The first-order valence-corrected chi connectivity index (χ1v) is 8.38. The summed E-state index contributed by atoms with van der Waals surface area (Å²) in [4.78, 5) is 27.6. The highest BCUT2D eigenvalue weighted by atomic mass is 16.2. The number of guanidine groups is 1. The Bertz CT molecular complexity index is 603. The van der Waals surface area contributed by atoms with Crippen molar-refractivity contribution >= 4 is 17.8 Å². The number of aliphatic imine (C=N–C) groups is 1. The van der Waals surface area contributed by atoms with E-state index in [-0.39, 0.29) is 23.9 Å². The lowest BCUT2D eigenvalue weighted by molar-refractivity contribution is -0.121. The van der Waals surface area contributed by atoms with Crippen molar-refractivity contribution in [2.75, 3.05) is 20.1 Å². The molecule has 0 aliphatic rings. The molecule has 0 aliphatic carbocycles. The van der Waals surface area contributed by atoms with Crippen LogP contribution in [-0.2, 0) is 11.3 Å². The van der Waals surface area contributed by atoms with E-state index < -0.39 is 0 Å². The third-order valence-corrected chi connectivity index (χ3v) is 3.17. The number of carbonyl (C=O) groups is 2. The number of benzene rings is 1. The summed E-state index contributed by atoms with van der Waals surface area (Å²) in [5, 5.41) is 11.7. The molecule has 0 saturated carbocycles. The summed E-state index contributed by atoms with van der Waals surface area (Å²) in [6.07, 6.45) is 0. The van der Waals surface area contributed by atoms with Gasteiger partial charge in [-0.1, -0.05) is 12.1 Å². The van der Waals surface area contributed by atoms with E-state index in [0.717, 1.165) is 5.56 Å². The second-order valence-corrected chi connectivity index (χ2v) is 6.63. The summed E-state index contributed by atoms with van der Waals surface area (Å²) in [6, 6.07) is 7.35. The monoisotopic (exact) mass is 347 g/mol. The predicted molar refractivity (Wildman–Crippen MR) is 101 cm³/mol. The molecule has 0 heterocycles. The lowest BCUT2D eigenvalue weighted by atomic mass is 10.1. The molecule has 1 aromatic rings. The smallest absolute Gasteiger partial charge is 0.251 e. The number of nitrogens with zero attached hydrogens (tertiary/aromatic N) is 1. The van der Waals surface area contributed by atoms with Crippen molar-refractivity contribution in [3.8, 4) is 0 Å². The summed E-state index contributed by atoms with van der Waals surface area (Å²) in [5.41, 5.74) is 1.38. The van der Waals surface area contributed by atoms with Crippen LogP contribution in [0.3, 0.4) is 0 Å². The number of hydrogen-bond acceptors (Lipinski definition) is 3. The molecule has 1 rings (SSSR count). The van der Waals surface area contributed by atoms with E-state index in [1.807, 2.05) is 39.8 Å². The van der Waals surface area contributed by atoms with Gasteiger partial charge in [-0.15, -0.1) is 0 Å². The fourth-order valence-corrected chi connectivity index (χ4v) is 2.07. The molecule has 7 heteroatoms. The van der Waals surface area contributed by atoms with Crippen LogP contribution in [0.5, 0.6) is 0 Å². The molecule has 1 aromatic carbocycles. The van der Waals surface area contributed by atoms with Crippen LogP contribution < -0.4 is 21.3 Å². The largest absolute Gasteiger partial charge is 0.352 e. The Kier molecular flexibility index (Phi) is 7.91. The molecule has 4 N–H and O–H groups in total. The molecule has 0 spiro atoms. The lowest BCUT2D eigenvalue weighted by Crippen LogP contribution is -2.48. The molecule has 0 fully saturated rings. The van der Waals surface area contributed by atoms with Crippen LogP contribution >= 0.6 is 0 Å². The van der Waals surface area contributed by atoms with Gasteiger partial charge < -0.3 is 21.3 Å².